The van der Waals surface area contributed by atoms with Gasteiger partial charge >= 0.3 is 10.1 Å². The third kappa shape index (κ3) is 2.66. The molecule has 0 saturated heterocycles. The lowest BCUT2D eigenvalue weighted by Crippen LogP contribution is -2.55. The Hall–Kier alpha value is -0.250. The maximum Gasteiger partial charge on any atom is 0.309 e. The smallest absolute Gasteiger partial charge is 0.309 e. The highest BCUT2D eigenvalue weighted by Crippen LogP contribution is 2.13. The molecular formula is C4H11NO6S. The molecule has 0 aromatic carbocycles. The quantitative estimate of drug-likeness (QED) is 0.258. The van der Waals surface area contributed by atoms with Gasteiger partial charge in [-0.3, -0.25) is 4.55 Å². The van der Waals surface area contributed by atoms with Crippen LogP contribution in [-0.2, 0) is 10.1 Å². The fraction of sp³-hybridized carbons (Fsp3) is 1.00. The van der Waals surface area contributed by atoms with E-state index in [4.69, 9.17) is 19.9 Å². The largest absolute Gasteiger partial charge is 0.361 e. The minimum Gasteiger partial charge on any atom is -0.361 e. The van der Waals surface area contributed by atoms with E-state index in [0.29, 0.717) is 0 Å². The van der Waals surface area contributed by atoms with Crippen LogP contribution in [0.1, 0.15) is 13.3 Å². The Morgan fingerprint density at radius 3 is 2.00 bits per heavy atom. The summed E-state index contributed by atoms with van der Waals surface area (Å²) in [5, 5.41) is 24.4. The average Bonchev–Trinajstić information content (AvgIpc) is 1.83. The Labute approximate surface area is 69.4 Å². The summed E-state index contributed by atoms with van der Waals surface area (Å²) in [5.74, 6) is 0. The first-order valence-corrected chi connectivity index (χ1v) is 4.50. The first kappa shape index (κ1) is 11.8. The van der Waals surface area contributed by atoms with Crippen molar-refractivity contribution in [3.63, 3.8) is 0 Å². The van der Waals surface area contributed by atoms with Crippen LogP contribution < -0.4 is 5.32 Å². The van der Waals surface area contributed by atoms with E-state index in [1.807, 2.05) is 0 Å². The zero-order valence-electron chi connectivity index (χ0n) is 6.30. The van der Waals surface area contributed by atoms with E-state index in [9.17, 15) is 8.42 Å². The van der Waals surface area contributed by atoms with Crippen LogP contribution in [0.2, 0.25) is 0 Å². The van der Waals surface area contributed by atoms with E-state index >= 15 is 0 Å². The van der Waals surface area contributed by atoms with E-state index < -0.39 is 28.0 Å². The molecule has 1 atom stereocenters. The van der Waals surface area contributed by atoms with Crippen molar-refractivity contribution in [2.75, 3.05) is 0 Å². The predicted molar refractivity (Wildman–Crippen MR) is 38.2 cm³/mol. The van der Waals surface area contributed by atoms with Crippen molar-refractivity contribution in [2.45, 2.75) is 24.8 Å². The van der Waals surface area contributed by atoms with E-state index in [1.165, 1.54) is 12.2 Å². The van der Waals surface area contributed by atoms with Crippen molar-refractivity contribution in [3.8, 4) is 0 Å². The van der Waals surface area contributed by atoms with Crippen LogP contribution >= 0.6 is 0 Å². The molecule has 0 heterocycles. The van der Waals surface area contributed by atoms with Gasteiger partial charge in [0.25, 0.3) is 0 Å². The summed E-state index contributed by atoms with van der Waals surface area (Å²) < 4.78 is 29.3. The topological polar surface area (TPSA) is 127 Å². The molecule has 0 aliphatic rings. The molecule has 8 heteroatoms. The summed E-state index contributed by atoms with van der Waals surface area (Å²) in [6.07, 6.45) is -2.65. The SMILES string of the molecule is CCC(O)(NC(O)O)S(=O)(=O)O. The lowest BCUT2D eigenvalue weighted by Gasteiger charge is -2.24. The van der Waals surface area contributed by atoms with Crippen LogP contribution in [0.3, 0.4) is 0 Å². The molecule has 7 nitrogen and oxygen atoms in total. The van der Waals surface area contributed by atoms with Gasteiger partial charge < -0.3 is 15.3 Å². The third-order valence-electron chi connectivity index (χ3n) is 1.26. The van der Waals surface area contributed by atoms with Crippen molar-refractivity contribution < 1.29 is 28.3 Å². The first-order chi connectivity index (χ1) is 5.23. The second-order valence-corrected chi connectivity index (χ2v) is 3.76. The van der Waals surface area contributed by atoms with E-state index in [1.54, 1.807) is 0 Å². The summed E-state index contributed by atoms with van der Waals surface area (Å²) in [5.41, 5.74) is 0. The third-order valence-corrected chi connectivity index (χ3v) is 2.52. The minimum atomic E-state index is -4.79. The zero-order chi connectivity index (χ0) is 9.99. The molecule has 0 aromatic rings. The van der Waals surface area contributed by atoms with E-state index in [-0.39, 0.29) is 0 Å². The van der Waals surface area contributed by atoms with Crippen molar-refractivity contribution in [2.24, 2.45) is 0 Å². The van der Waals surface area contributed by atoms with Crippen LogP contribution in [0, 0.1) is 0 Å². The van der Waals surface area contributed by atoms with Gasteiger partial charge in [-0.05, 0) is 0 Å². The summed E-state index contributed by atoms with van der Waals surface area (Å²) in [7, 11) is -4.79. The van der Waals surface area contributed by atoms with Gasteiger partial charge in [0.15, 0.2) is 0 Å². The molecule has 0 amide bonds. The molecule has 0 aromatic heterocycles. The fourth-order valence-corrected chi connectivity index (χ4v) is 1.18. The molecule has 0 spiro atoms. The summed E-state index contributed by atoms with van der Waals surface area (Å²) in [6, 6.07) is 0. The van der Waals surface area contributed by atoms with Gasteiger partial charge in [-0.15, -0.1) is 0 Å². The summed E-state index contributed by atoms with van der Waals surface area (Å²) >= 11 is 0. The van der Waals surface area contributed by atoms with Gasteiger partial charge in [-0.25, -0.2) is 5.32 Å². The molecule has 0 radical (unpaired) electrons. The Bertz CT molecular complexity index is 236. The van der Waals surface area contributed by atoms with E-state index in [2.05, 4.69) is 0 Å². The predicted octanol–water partition coefficient (Wildman–Crippen LogP) is -2.21. The number of rotatable bonds is 4. The molecule has 0 aliphatic carbocycles. The minimum absolute atomic E-state index is 0.427. The fourth-order valence-electron chi connectivity index (χ4n) is 0.561. The van der Waals surface area contributed by atoms with Gasteiger partial charge in [0.2, 0.25) is 11.5 Å². The Morgan fingerprint density at radius 1 is 1.50 bits per heavy atom. The van der Waals surface area contributed by atoms with Gasteiger partial charge in [0.05, 0.1) is 0 Å². The van der Waals surface area contributed by atoms with Crippen LogP contribution in [0.25, 0.3) is 0 Å². The first-order valence-electron chi connectivity index (χ1n) is 3.06. The van der Waals surface area contributed by atoms with Gasteiger partial charge in [-0.2, -0.15) is 8.42 Å². The molecule has 0 rings (SSSR count). The lowest BCUT2D eigenvalue weighted by molar-refractivity contribution is -0.112. The van der Waals surface area contributed by atoms with Gasteiger partial charge in [0.1, 0.15) is 0 Å². The van der Waals surface area contributed by atoms with Crippen LogP contribution in [0.5, 0.6) is 0 Å². The Kier molecular flexibility index (Phi) is 3.57. The molecule has 1 unspecified atom stereocenters. The second kappa shape index (κ2) is 3.64. The maximum absolute atomic E-state index is 10.4. The molecule has 0 aliphatic heterocycles. The zero-order valence-corrected chi connectivity index (χ0v) is 7.11. The number of aliphatic hydroxyl groups is 3. The second-order valence-electron chi connectivity index (χ2n) is 2.13. The standard InChI is InChI=1S/C4H11NO6S/c1-2-4(8,5-3(6)7)12(9,10)11/h3,5-8H,2H2,1H3,(H,9,10,11). The summed E-state index contributed by atoms with van der Waals surface area (Å²) in [6.45, 7) is 1.24. The molecular weight excluding hydrogens is 190 g/mol. The van der Waals surface area contributed by atoms with Crippen LogP contribution in [0.4, 0.5) is 0 Å². The molecule has 74 valence electrons. The van der Waals surface area contributed by atoms with Gasteiger partial charge in [-0.1, -0.05) is 6.92 Å². The van der Waals surface area contributed by atoms with Crippen molar-refractivity contribution in [1.82, 2.24) is 5.32 Å². The van der Waals surface area contributed by atoms with E-state index in [0.717, 1.165) is 0 Å². The van der Waals surface area contributed by atoms with Crippen LogP contribution in [0.15, 0.2) is 0 Å². The monoisotopic (exact) mass is 201 g/mol. The highest BCUT2D eigenvalue weighted by atomic mass is 32.2. The van der Waals surface area contributed by atoms with Crippen molar-refractivity contribution in [1.29, 1.82) is 0 Å². The van der Waals surface area contributed by atoms with Crippen LogP contribution in [-0.4, -0.2) is 39.8 Å². The lowest BCUT2D eigenvalue weighted by atomic mass is 10.4. The highest BCUT2D eigenvalue weighted by molar-refractivity contribution is 7.87. The van der Waals surface area contributed by atoms with Crippen molar-refractivity contribution >= 4 is 10.1 Å². The summed E-state index contributed by atoms with van der Waals surface area (Å²) in [4.78, 5) is 0. The highest BCUT2D eigenvalue weighted by Gasteiger charge is 2.40. The molecule has 0 bridgehead atoms. The molecule has 0 saturated carbocycles. The normalized spacial score (nSPS) is 17.8. The Balaban J connectivity index is 4.70. The molecule has 12 heavy (non-hydrogen) atoms. The number of hydrogen-bond donors (Lipinski definition) is 5. The maximum atomic E-state index is 10.4. The van der Waals surface area contributed by atoms with Crippen molar-refractivity contribution in [3.05, 3.63) is 0 Å². The van der Waals surface area contributed by atoms with Gasteiger partial charge in [0, 0.05) is 6.42 Å². The average molecular weight is 201 g/mol. The molecule has 5 N–H and O–H groups in total. The number of aliphatic hydroxyl groups excluding tert-OH is 1. The Morgan fingerprint density at radius 2 is 1.92 bits per heavy atom. The number of nitrogens with one attached hydrogen (secondary N) is 1. The number of hydrogen-bond acceptors (Lipinski definition) is 6. The molecule has 0 fully saturated rings.